The smallest absolute Gasteiger partial charge is 0.251 e. The van der Waals surface area contributed by atoms with E-state index in [1.165, 1.54) is 10.4 Å². The van der Waals surface area contributed by atoms with Gasteiger partial charge in [0.15, 0.2) is 0 Å². The van der Waals surface area contributed by atoms with E-state index in [-0.39, 0.29) is 42.9 Å². The van der Waals surface area contributed by atoms with Crippen LogP contribution in [0.1, 0.15) is 27.0 Å². The number of rotatable bonds is 5. The molecule has 0 bridgehead atoms. The zero-order chi connectivity index (χ0) is 22.7. The highest BCUT2D eigenvalue weighted by molar-refractivity contribution is 7.89. The lowest BCUT2D eigenvalue weighted by Gasteiger charge is -2.20. The van der Waals surface area contributed by atoms with Crippen molar-refractivity contribution in [1.29, 1.82) is 0 Å². The van der Waals surface area contributed by atoms with Crippen LogP contribution in [0.25, 0.3) is 0 Å². The second-order valence-electron chi connectivity index (χ2n) is 7.55. The van der Waals surface area contributed by atoms with E-state index in [2.05, 4.69) is 5.32 Å². The third-order valence-corrected chi connectivity index (χ3v) is 7.38. The molecule has 6 nitrogen and oxygen atoms in total. The summed E-state index contributed by atoms with van der Waals surface area (Å²) in [6.45, 7) is 2.29. The predicted molar refractivity (Wildman–Crippen MR) is 118 cm³/mol. The lowest BCUT2D eigenvalue weighted by molar-refractivity contribution is 0.0950. The van der Waals surface area contributed by atoms with Gasteiger partial charge >= 0.3 is 0 Å². The molecule has 0 aromatic heterocycles. The Morgan fingerprint density at radius 3 is 2.62 bits per heavy atom. The number of nitrogens with one attached hydrogen (secondary N) is 1. The van der Waals surface area contributed by atoms with E-state index < -0.39 is 10.0 Å². The van der Waals surface area contributed by atoms with Crippen molar-refractivity contribution < 1.29 is 22.3 Å². The number of sulfonamides is 1. The highest BCUT2D eigenvalue weighted by Crippen LogP contribution is 2.28. The number of halogens is 1. The van der Waals surface area contributed by atoms with Crippen LogP contribution in [0.3, 0.4) is 0 Å². The van der Waals surface area contributed by atoms with Gasteiger partial charge in [-0.1, -0.05) is 36.4 Å². The molecular formula is C24H23FN2O4S. The van der Waals surface area contributed by atoms with Crippen LogP contribution in [0, 0.1) is 12.7 Å². The highest BCUT2D eigenvalue weighted by Gasteiger charge is 2.29. The van der Waals surface area contributed by atoms with Gasteiger partial charge in [-0.05, 0) is 42.8 Å². The quantitative estimate of drug-likeness (QED) is 0.639. The summed E-state index contributed by atoms with van der Waals surface area (Å²) < 4.78 is 47.4. The minimum Gasteiger partial charge on any atom is -0.492 e. The molecule has 1 heterocycles. The Morgan fingerprint density at radius 2 is 1.84 bits per heavy atom. The lowest BCUT2D eigenvalue weighted by atomic mass is 10.1. The molecule has 1 aliphatic heterocycles. The average Bonchev–Trinajstić information content (AvgIpc) is 3.01. The van der Waals surface area contributed by atoms with Crippen molar-refractivity contribution in [3.8, 4) is 5.75 Å². The van der Waals surface area contributed by atoms with Crippen molar-refractivity contribution in [2.45, 2.75) is 24.9 Å². The first-order valence-electron chi connectivity index (χ1n) is 10.2. The predicted octanol–water partition coefficient (Wildman–Crippen LogP) is 3.65. The normalized spacial score (nSPS) is 14.2. The summed E-state index contributed by atoms with van der Waals surface area (Å²) in [7, 11) is -3.73. The van der Waals surface area contributed by atoms with Crippen molar-refractivity contribution in [1.82, 2.24) is 9.62 Å². The summed E-state index contributed by atoms with van der Waals surface area (Å²) in [4.78, 5) is 12.9. The van der Waals surface area contributed by atoms with Gasteiger partial charge in [-0.3, -0.25) is 4.79 Å². The fourth-order valence-corrected chi connectivity index (χ4v) is 5.25. The third-order valence-electron chi connectivity index (χ3n) is 5.38. The van der Waals surface area contributed by atoms with Gasteiger partial charge in [0.1, 0.15) is 18.2 Å². The molecule has 0 aliphatic carbocycles. The highest BCUT2D eigenvalue weighted by atomic mass is 32.2. The SMILES string of the molecule is Cc1ccccc1S(=O)(=O)N1CCOc2ccc(C(=O)NCc3ccccc3F)cc2C1. The molecule has 0 unspecified atom stereocenters. The first kappa shape index (κ1) is 22.0. The van der Waals surface area contributed by atoms with E-state index in [9.17, 15) is 17.6 Å². The Morgan fingerprint density at radius 1 is 1.09 bits per heavy atom. The van der Waals surface area contributed by atoms with Crippen molar-refractivity contribution in [2.24, 2.45) is 0 Å². The molecule has 0 saturated heterocycles. The van der Waals surface area contributed by atoms with Crippen LogP contribution in [0.4, 0.5) is 4.39 Å². The first-order valence-corrected chi connectivity index (χ1v) is 11.6. The van der Waals surface area contributed by atoms with E-state index in [0.29, 0.717) is 28.0 Å². The van der Waals surface area contributed by atoms with Crippen LogP contribution >= 0.6 is 0 Å². The van der Waals surface area contributed by atoms with Crippen molar-refractivity contribution >= 4 is 15.9 Å². The molecule has 8 heteroatoms. The number of ether oxygens (including phenoxy) is 1. The molecule has 1 amide bonds. The largest absolute Gasteiger partial charge is 0.492 e. The molecule has 3 aromatic rings. The summed E-state index contributed by atoms with van der Waals surface area (Å²) >= 11 is 0. The zero-order valence-electron chi connectivity index (χ0n) is 17.5. The Kier molecular flexibility index (Phi) is 6.25. The maximum absolute atomic E-state index is 13.8. The van der Waals surface area contributed by atoms with Crippen LogP contribution in [0.5, 0.6) is 5.75 Å². The summed E-state index contributed by atoms with van der Waals surface area (Å²) in [6, 6.07) is 18.0. The van der Waals surface area contributed by atoms with Crippen LogP contribution in [-0.2, 0) is 23.1 Å². The number of aryl methyl sites for hydroxylation is 1. The Hall–Kier alpha value is -3.23. The van der Waals surface area contributed by atoms with E-state index in [1.807, 2.05) is 0 Å². The Balaban J connectivity index is 1.55. The second kappa shape index (κ2) is 9.10. The molecular weight excluding hydrogens is 431 g/mol. The number of benzene rings is 3. The molecule has 0 spiro atoms. The van der Waals surface area contributed by atoms with Gasteiger partial charge in [-0.25, -0.2) is 12.8 Å². The second-order valence-corrected chi connectivity index (χ2v) is 9.46. The van der Waals surface area contributed by atoms with Crippen LogP contribution in [0.2, 0.25) is 0 Å². The topological polar surface area (TPSA) is 75.7 Å². The summed E-state index contributed by atoms with van der Waals surface area (Å²) in [5.74, 6) is -0.230. The monoisotopic (exact) mass is 454 g/mol. The molecule has 0 saturated carbocycles. The molecule has 1 aliphatic rings. The van der Waals surface area contributed by atoms with Crippen molar-refractivity contribution in [3.63, 3.8) is 0 Å². The molecule has 166 valence electrons. The molecule has 1 N–H and O–H groups in total. The van der Waals surface area contributed by atoms with Gasteiger partial charge in [0, 0.05) is 36.3 Å². The van der Waals surface area contributed by atoms with Gasteiger partial charge < -0.3 is 10.1 Å². The third kappa shape index (κ3) is 4.51. The maximum atomic E-state index is 13.8. The summed E-state index contributed by atoms with van der Waals surface area (Å²) in [6.07, 6.45) is 0. The number of amides is 1. The number of hydrogen-bond acceptors (Lipinski definition) is 4. The Labute approximate surface area is 186 Å². The van der Waals surface area contributed by atoms with E-state index in [4.69, 9.17) is 4.74 Å². The summed E-state index contributed by atoms with van der Waals surface area (Å²) in [5, 5.41) is 2.70. The standard InChI is InChI=1S/C24H23FN2O4S/c1-17-6-2-5-9-23(17)32(29,30)27-12-13-31-22-11-10-18(14-20(22)16-27)24(28)26-15-19-7-3-4-8-21(19)25/h2-11,14H,12-13,15-16H2,1H3,(H,26,28). The molecule has 0 atom stereocenters. The molecule has 4 rings (SSSR count). The van der Waals surface area contributed by atoms with Crippen molar-refractivity contribution in [2.75, 3.05) is 13.2 Å². The zero-order valence-corrected chi connectivity index (χ0v) is 18.4. The number of fused-ring (bicyclic) bond motifs is 1. The van der Waals surface area contributed by atoms with Crippen molar-refractivity contribution in [3.05, 3.63) is 94.8 Å². The minimum atomic E-state index is -3.73. The molecule has 0 radical (unpaired) electrons. The van der Waals surface area contributed by atoms with Crippen LogP contribution in [0.15, 0.2) is 71.6 Å². The number of carbonyl (C=O) groups is 1. The lowest BCUT2D eigenvalue weighted by Crippen LogP contribution is -2.33. The van der Waals surface area contributed by atoms with Gasteiger partial charge in [0.2, 0.25) is 10.0 Å². The fourth-order valence-electron chi connectivity index (χ4n) is 3.62. The molecule has 0 fully saturated rings. The molecule has 32 heavy (non-hydrogen) atoms. The number of carbonyl (C=O) groups excluding carboxylic acids is 1. The van der Waals surface area contributed by atoms with Gasteiger partial charge in [0.05, 0.1) is 4.90 Å². The number of nitrogens with zero attached hydrogens (tertiary/aromatic N) is 1. The summed E-state index contributed by atoms with van der Waals surface area (Å²) in [5.41, 5.74) is 1.99. The number of hydrogen-bond donors (Lipinski definition) is 1. The van der Waals surface area contributed by atoms with E-state index >= 15 is 0 Å². The first-order chi connectivity index (χ1) is 15.4. The van der Waals surface area contributed by atoms with Crippen LogP contribution < -0.4 is 10.1 Å². The Bertz CT molecular complexity index is 1260. The van der Waals surface area contributed by atoms with E-state index in [0.717, 1.165) is 0 Å². The van der Waals surface area contributed by atoms with Crippen LogP contribution in [-0.4, -0.2) is 31.8 Å². The fraction of sp³-hybridized carbons (Fsp3) is 0.208. The average molecular weight is 455 g/mol. The van der Waals surface area contributed by atoms with Gasteiger partial charge in [-0.15, -0.1) is 0 Å². The van der Waals surface area contributed by atoms with Gasteiger partial charge in [0.25, 0.3) is 5.91 Å². The van der Waals surface area contributed by atoms with E-state index in [1.54, 1.807) is 67.6 Å². The molecule has 3 aromatic carbocycles. The van der Waals surface area contributed by atoms with Gasteiger partial charge in [-0.2, -0.15) is 4.31 Å². The minimum absolute atomic E-state index is 0.0485. The maximum Gasteiger partial charge on any atom is 0.251 e.